The van der Waals surface area contributed by atoms with Gasteiger partial charge in [-0.25, -0.2) is 0 Å². The first-order chi connectivity index (χ1) is 4.83. The second-order valence-corrected chi connectivity index (χ2v) is 3.91. The van der Waals surface area contributed by atoms with Crippen LogP contribution in [0.4, 0.5) is 0 Å². The second kappa shape index (κ2) is 3.63. The second-order valence-electron chi connectivity index (χ2n) is 2.75. The van der Waals surface area contributed by atoms with Crippen molar-refractivity contribution in [3.05, 3.63) is 0 Å². The zero-order valence-corrected chi connectivity index (χ0v) is 7.67. The first kappa shape index (κ1) is 8.41. The molecule has 0 unspecified atom stereocenters. The molecule has 1 nitrogen and oxygen atoms in total. The van der Waals surface area contributed by atoms with Crippen molar-refractivity contribution in [2.75, 3.05) is 12.9 Å². The van der Waals surface area contributed by atoms with Gasteiger partial charge in [-0.2, -0.15) is 0 Å². The lowest BCUT2D eigenvalue weighted by atomic mass is 10.3. The summed E-state index contributed by atoms with van der Waals surface area (Å²) in [6, 6.07) is 0. The molecule has 0 spiro atoms. The first-order valence-electron chi connectivity index (χ1n) is 4.02. The van der Waals surface area contributed by atoms with Gasteiger partial charge in [-0.1, -0.05) is 0 Å². The van der Waals surface area contributed by atoms with E-state index >= 15 is 0 Å². The maximum Gasteiger partial charge on any atom is 0.113 e. The van der Waals surface area contributed by atoms with Gasteiger partial charge >= 0.3 is 0 Å². The maximum absolute atomic E-state index is 5.70. The monoisotopic (exact) mass is 160 g/mol. The van der Waals surface area contributed by atoms with Gasteiger partial charge in [-0.3, -0.25) is 0 Å². The Labute approximate surface area is 67.5 Å². The summed E-state index contributed by atoms with van der Waals surface area (Å²) in [7, 11) is 0. The van der Waals surface area contributed by atoms with Crippen molar-refractivity contribution in [1.82, 2.24) is 0 Å². The number of hydrogen-bond acceptors (Lipinski definition) is 2. The van der Waals surface area contributed by atoms with E-state index in [9.17, 15) is 0 Å². The van der Waals surface area contributed by atoms with Crippen LogP contribution in [0.1, 0.15) is 32.6 Å². The fraction of sp³-hybridized carbons (Fsp3) is 1.00. The van der Waals surface area contributed by atoms with E-state index in [1.807, 2.05) is 11.8 Å². The van der Waals surface area contributed by atoms with Crippen LogP contribution < -0.4 is 0 Å². The average molecular weight is 160 g/mol. The molecule has 1 rings (SSSR count). The topological polar surface area (TPSA) is 9.23 Å². The van der Waals surface area contributed by atoms with Gasteiger partial charge in [0.15, 0.2) is 0 Å². The molecule has 1 saturated carbocycles. The minimum absolute atomic E-state index is 0.203. The summed E-state index contributed by atoms with van der Waals surface area (Å²) < 4.78 is 5.70. The van der Waals surface area contributed by atoms with Crippen LogP contribution in [0.3, 0.4) is 0 Å². The largest absolute Gasteiger partial charge is 0.365 e. The van der Waals surface area contributed by atoms with E-state index in [2.05, 4.69) is 13.2 Å². The molecule has 60 valence electrons. The molecule has 0 aromatic heterocycles. The molecule has 0 aliphatic heterocycles. The Kier molecular flexibility index (Phi) is 3.05. The number of hydrogen-bond donors (Lipinski definition) is 0. The normalized spacial score (nSPS) is 23.4. The summed E-state index contributed by atoms with van der Waals surface area (Å²) in [6.07, 6.45) is 7.35. The molecule has 0 aromatic carbocycles. The summed E-state index contributed by atoms with van der Waals surface area (Å²) in [5.41, 5.74) is 0. The van der Waals surface area contributed by atoms with Crippen LogP contribution in [-0.4, -0.2) is 17.8 Å². The lowest BCUT2D eigenvalue weighted by molar-refractivity contribution is 0.0403. The van der Waals surface area contributed by atoms with Crippen LogP contribution in [0.25, 0.3) is 0 Å². The fourth-order valence-electron chi connectivity index (χ4n) is 1.58. The van der Waals surface area contributed by atoms with E-state index in [1.165, 1.54) is 25.7 Å². The zero-order chi connectivity index (χ0) is 7.45. The van der Waals surface area contributed by atoms with Crippen molar-refractivity contribution < 1.29 is 4.74 Å². The lowest BCUT2D eigenvalue weighted by Gasteiger charge is -2.26. The zero-order valence-electron chi connectivity index (χ0n) is 6.85. The fourth-order valence-corrected chi connectivity index (χ4v) is 2.52. The SMILES string of the molecule is CCOC1(SC)CCCC1. The Balaban J connectivity index is 2.41. The predicted octanol–water partition coefficient (Wildman–Crippen LogP) is 2.66. The minimum Gasteiger partial charge on any atom is -0.365 e. The summed E-state index contributed by atoms with van der Waals surface area (Å²) in [5.74, 6) is 0. The summed E-state index contributed by atoms with van der Waals surface area (Å²) in [6.45, 7) is 2.94. The highest BCUT2D eigenvalue weighted by atomic mass is 32.2. The van der Waals surface area contributed by atoms with E-state index in [1.54, 1.807) is 0 Å². The van der Waals surface area contributed by atoms with Gasteiger partial charge in [0, 0.05) is 6.61 Å². The van der Waals surface area contributed by atoms with Crippen molar-refractivity contribution in [2.24, 2.45) is 0 Å². The van der Waals surface area contributed by atoms with Gasteiger partial charge in [0.25, 0.3) is 0 Å². The highest BCUT2D eigenvalue weighted by Gasteiger charge is 2.32. The Morgan fingerprint density at radius 3 is 2.40 bits per heavy atom. The van der Waals surface area contributed by atoms with E-state index in [0.717, 1.165) is 6.61 Å². The van der Waals surface area contributed by atoms with Crippen molar-refractivity contribution in [1.29, 1.82) is 0 Å². The lowest BCUT2D eigenvalue weighted by Crippen LogP contribution is -2.23. The molecule has 0 heterocycles. The molecule has 0 radical (unpaired) electrons. The van der Waals surface area contributed by atoms with Crippen LogP contribution in [-0.2, 0) is 4.74 Å². The summed E-state index contributed by atoms with van der Waals surface area (Å²) in [5, 5.41) is 0. The van der Waals surface area contributed by atoms with Crippen LogP contribution in [0, 0.1) is 0 Å². The molecule has 1 fully saturated rings. The third kappa shape index (κ3) is 1.67. The molecule has 0 saturated heterocycles. The Morgan fingerprint density at radius 2 is 2.00 bits per heavy atom. The third-order valence-corrected chi connectivity index (χ3v) is 3.41. The minimum atomic E-state index is 0.203. The Bertz CT molecular complexity index is 97.4. The van der Waals surface area contributed by atoms with E-state index < -0.39 is 0 Å². The number of ether oxygens (including phenoxy) is 1. The molecule has 0 atom stereocenters. The standard InChI is InChI=1S/C8H16OS/c1-3-9-8(10-2)6-4-5-7-8/h3-7H2,1-2H3. The van der Waals surface area contributed by atoms with Gasteiger partial charge in [0.2, 0.25) is 0 Å². The number of thioether (sulfide) groups is 1. The molecular formula is C8H16OS. The molecule has 0 N–H and O–H groups in total. The summed E-state index contributed by atoms with van der Waals surface area (Å²) in [4.78, 5) is 0.203. The Morgan fingerprint density at radius 1 is 1.40 bits per heavy atom. The third-order valence-electron chi connectivity index (χ3n) is 2.14. The van der Waals surface area contributed by atoms with Crippen molar-refractivity contribution in [3.63, 3.8) is 0 Å². The maximum atomic E-state index is 5.70. The quantitative estimate of drug-likeness (QED) is 0.587. The molecular weight excluding hydrogens is 144 g/mol. The van der Waals surface area contributed by atoms with E-state index in [-0.39, 0.29) is 4.93 Å². The van der Waals surface area contributed by atoms with Gasteiger partial charge in [0.05, 0.1) is 0 Å². The average Bonchev–Trinajstić information content (AvgIpc) is 2.39. The highest BCUT2D eigenvalue weighted by molar-refractivity contribution is 7.99. The van der Waals surface area contributed by atoms with Crippen molar-refractivity contribution in [3.8, 4) is 0 Å². The van der Waals surface area contributed by atoms with Crippen molar-refractivity contribution >= 4 is 11.8 Å². The predicted molar refractivity (Wildman–Crippen MR) is 46.3 cm³/mol. The van der Waals surface area contributed by atoms with Crippen LogP contribution in [0.5, 0.6) is 0 Å². The van der Waals surface area contributed by atoms with Crippen LogP contribution in [0.15, 0.2) is 0 Å². The molecule has 2 heteroatoms. The van der Waals surface area contributed by atoms with Gasteiger partial charge in [-0.15, -0.1) is 11.8 Å². The number of rotatable bonds is 3. The van der Waals surface area contributed by atoms with Crippen LogP contribution >= 0.6 is 11.8 Å². The molecule has 0 aromatic rings. The molecule has 10 heavy (non-hydrogen) atoms. The molecule has 1 aliphatic rings. The molecule has 1 aliphatic carbocycles. The highest BCUT2D eigenvalue weighted by Crippen LogP contribution is 2.40. The van der Waals surface area contributed by atoms with E-state index in [0.29, 0.717) is 0 Å². The van der Waals surface area contributed by atoms with Crippen molar-refractivity contribution in [2.45, 2.75) is 37.5 Å². The Hall–Kier alpha value is 0.310. The van der Waals surface area contributed by atoms with Gasteiger partial charge in [-0.05, 0) is 38.9 Å². The van der Waals surface area contributed by atoms with E-state index in [4.69, 9.17) is 4.74 Å². The first-order valence-corrected chi connectivity index (χ1v) is 5.24. The van der Waals surface area contributed by atoms with Gasteiger partial charge < -0.3 is 4.74 Å². The van der Waals surface area contributed by atoms with Crippen LogP contribution in [0.2, 0.25) is 0 Å². The molecule has 0 bridgehead atoms. The van der Waals surface area contributed by atoms with Gasteiger partial charge in [0.1, 0.15) is 4.93 Å². The molecule has 0 amide bonds. The smallest absolute Gasteiger partial charge is 0.113 e. The summed E-state index contributed by atoms with van der Waals surface area (Å²) >= 11 is 1.88.